The summed E-state index contributed by atoms with van der Waals surface area (Å²) >= 11 is 0. The number of esters is 1. The molecule has 2 atom stereocenters. The van der Waals surface area contributed by atoms with Crippen LogP contribution in [0.15, 0.2) is 6.07 Å². The van der Waals surface area contributed by atoms with Crippen molar-refractivity contribution in [3.63, 3.8) is 0 Å². The summed E-state index contributed by atoms with van der Waals surface area (Å²) in [6.45, 7) is 4.94. The molecular formula is C19H25N3O6. The van der Waals surface area contributed by atoms with E-state index in [0.717, 1.165) is 30.8 Å². The molecule has 0 aromatic carbocycles. The molecule has 1 aromatic heterocycles. The minimum absolute atomic E-state index is 0.0658. The number of carbonyl (C=O) groups excluding carboxylic acids is 4. The number of Topliss-reactive ketones (excluding diaryl/α,β-unsaturated/α-hetero) is 1. The highest BCUT2D eigenvalue weighted by Crippen LogP contribution is 2.20. The molecule has 3 rings (SSSR count). The predicted octanol–water partition coefficient (Wildman–Crippen LogP) is 0.998. The maximum Gasteiger partial charge on any atom is 0.322 e. The van der Waals surface area contributed by atoms with Crippen molar-refractivity contribution in [2.24, 2.45) is 0 Å². The number of imide groups is 1. The van der Waals surface area contributed by atoms with Crippen LogP contribution in [0.1, 0.15) is 47.4 Å². The first-order valence-electron chi connectivity index (χ1n) is 9.43. The maximum absolute atomic E-state index is 12.5. The predicted molar refractivity (Wildman–Crippen MR) is 97.9 cm³/mol. The zero-order chi connectivity index (χ0) is 20.3. The van der Waals surface area contributed by atoms with E-state index in [1.165, 1.54) is 0 Å². The van der Waals surface area contributed by atoms with Crippen molar-refractivity contribution in [1.29, 1.82) is 0 Å². The van der Waals surface area contributed by atoms with Gasteiger partial charge in [0.2, 0.25) is 5.78 Å². The molecule has 3 heterocycles. The molecule has 1 aromatic rings. The van der Waals surface area contributed by atoms with E-state index in [0.29, 0.717) is 12.1 Å². The van der Waals surface area contributed by atoms with Crippen molar-refractivity contribution in [3.8, 4) is 0 Å². The number of amides is 3. The zero-order valence-electron chi connectivity index (χ0n) is 16.1. The molecule has 2 fully saturated rings. The van der Waals surface area contributed by atoms with Gasteiger partial charge in [-0.1, -0.05) is 0 Å². The van der Waals surface area contributed by atoms with Crippen LogP contribution >= 0.6 is 0 Å². The van der Waals surface area contributed by atoms with Gasteiger partial charge in [0.15, 0.2) is 6.61 Å². The maximum atomic E-state index is 12.5. The van der Waals surface area contributed by atoms with Crippen LogP contribution in [0.2, 0.25) is 0 Å². The number of rotatable bonds is 8. The highest BCUT2D eigenvalue weighted by molar-refractivity contribution is 6.04. The van der Waals surface area contributed by atoms with E-state index < -0.39 is 23.9 Å². The van der Waals surface area contributed by atoms with Gasteiger partial charge in [0.25, 0.3) is 5.91 Å². The van der Waals surface area contributed by atoms with E-state index >= 15 is 0 Å². The first kappa shape index (κ1) is 20.1. The van der Waals surface area contributed by atoms with E-state index in [1.54, 1.807) is 6.07 Å². The van der Waals surface area contributed by atoms with Crippen LogP contribution in [0.5, 0.6) is 0 Å². The van der Waals surface area contributed by atoms with Crippen molar-refractivity contribution >= 4 is 23.7 Å². The Morgan fingerprint density at radius 2 is 2.11 bits per heavy atom. The number of aryl methyl sites for hydroxylation is 1. The highest BCUT2D eigenvalue weighted by Gasteiger charge is 2.30. The monoisotopic (exact) mass is 391 g/mol. The normalized spacial score (nSPS) is 21.5. The van der Waals surface area contributed by atoms with E-state index in [9.17, 15) is 19.2 Å². The average molecular weight is 391 g/mol. The number of hydrogen-bond acceptors (Lipinski definition) is 6. The molecule has 2 unspecified atom stereocenters. The number of urea groups is 1. The minimum Gasteiger partial charge on any atom is -0.457 e. The molecule has 9 nitrogen and oxygen atoms in total. The summed E-state index contributed by atoms with van der Waals surface area (Å²) in [4.78, 5) is 46.8. The number of nitrogens with zero attached hydrogens (tertiary/aromatic N) is 1. The highest BCUT2D eigenvalue weighted by atomic mass is 16.5. The summed E-state index contributed by atoms with van der Waals surface area (Å²) in [6, 6.07) is 0.489. The largest absolute Gasteiger partial charge is 0.457 e. The second-order valence-corrected chi connectivity index (χ2v) is 7.17. The minimum atomic E-state index is -0.743. The first-order chi connectivity index (χ1) is 13.3. The number of nitrogens with one attached hydrogen (secondary N) is 2. The SMILES string of the molecule is Cc1cc(C(=O)COC(=O)CCC2NC(=O)NC2=O)c(C)n1CC1CCCO1. The molecule has 28 heavy (non-hydrogen) atoms. The number of carbonyl (C=O) groups is 4. The molecule has 3 amide bonds. The third-order valence-electron chi connectivity index (χ3n) is 5.14. The van der Waals surface area contributed by atoms with Crippen LogP contribution in [-0.2, 0) is 25.6 Å². The van der Waals surface area contributed by atoms with Crippen molar-refractivity contribution in [1.82, 2.24) is 15.2 Å². The van der Waals surface area contributed by atoms with Gasteiger partial charge in [-0.2, -0.15) is 0 Å². The van der Waals surface area contributed by atoms with Crippen LogP contribution in [0.4, 0.5) is 4.79 Å². The van der Waals surface area contributed by atoms with Crippen molar-refractivity contribution < 1.29 is 28.7 Å². The van der Waals surface area contributed by atoms with E-state index in [-0.39, 0.29) is 31.3 Å². The second-order valence-electron chi connectivity index (χ2n) is 7.17. The van der Waals surface area contributed by atoms with Gasteiger partial charge in [0, 0.05) is 36.5 Å². The molecular weight excluding hydrogens is 366 g/mol. The number of ether oxygens (including phenoxy) is 2. The second kappa shape index (κ2) is 8.55. The quantitative estimate of drug-likeness (QED) is 0.388. The standard InChI is InChI=1S/C19H25N3O6/c1-11-8-14(12(2)22(11)9-13-4-3-7-27-13)16(23)10-28-17(24)6-5-15-18(25)21-19(26)20-15/h8,13,15H,3-7,9-10H2,1-2H3,(H2,20,21,25,26). The lowest BCUT2D eigenvalue weighted by molar-refractivity contribution is -0.142. The molecule has 2 aliphatic rings. The molecule has 0 aliphatic carbocycles. The number of hydrogen-bond donors (Lipinski definition) is 2. The van der Waals surface area contributed by atoms with Crippen molar-refractivity contribution in [3.05, 3.63) is 23.0 Å². The van der Waals surface area contributed by atoms with Gasteiger partial charge in [-0.25, -0.2) is 4.79 Å². The molecule has 2 aliphatic heterocycles. The Labute approximate surface area is 162 Å². The van der Waals surface area contributed by atoms with Crippen LogP contribution in [0, 0.1) is 13.8 Å². The molecule has 2 saturated heterocycles. The number of aromatic nitrogens is 1. The lowest BCUT2D eigenvalue weighted by Gasteiger charge is -2.14. The molecule has 9 heteroatoms. The fourth-order valence-electron chi connectivity index (χ4n) is 3.58. The Morgan fingerprint density at radius 3 is 2.75 bits per heavy atom. The van der Waals surface area contributed by atoms with Crippen LogP contribution in [0.25, 0.3) is 0 Å². The Hall–Kier alpha value is -2.68. The summed E-state index contributed by atoms with van der Waals surface area (Å²) in [5.41, 5.74) is 2.33. The third-order valence-corrected chi connectivity index (χ3v) is 5.14. The smallest absolute Gasteiger partial charge is 0.322 e. The topological polar surface area (TPSA) is 116 Å². The third kappa shape index (κ3) is 4.59. The lowest BCUT2D eigenvalue weighted by Crippen LogP contribution is -2.29. The average Bonchev–Trinajstić information content (AvgIpc) is 3.34. The van der Waals surface area contributed by atoms with Crippen LogP contribution in [0.3, 0.4) is 0 Å². The van der Waals surface area contributed by atoms with Crippen molar-refractivity contribution in [2.45, 2.75) is 58.2 Å². The molecule has 152 valence electrons. The molecule has 0 spiro atoms. The van der Waals surface area contributed by atoms with Crippen LogP contribution in [-0.4, -0.2) is 53.6 Å². The first-order valence-corrected chi connectivity index (χ1v) is 9.43. The summed E-state index contributed by atoms with van der Waals surface area (Å²) in [5.74, 6) is -1.32. The van der Waals surface area contributed by atoms with Gasteiger partial charge in [-0.3, -0.25) is 19.7 Å². The van der Waals surface area contributed by atoms with Crippen molar-refractivity contribution in [2.75, 3.05) is 13.2 Å². The molecule has 0 radical (unpaired) electrons. The Balaban J connectivity index is 1.49. The van der Waals surface area contributed by atoms with Gasteiger partial charge >= 0.3 is 12.0 Å². The fraction of sp³-hybridized carbons (Fsp3) is 0.579. The molecule has 0 saturated carbocycles. The summed E-state index contributed by atoms with van der Waals surface area (Å²) in [5, 5.41) is 4.50. The zero-order valence-corrected chi connectivity index (χ0v) is 16.1. The summed E-state index contributed by atoms with van der Waals surface area (Å²) in [6.07, 6.45) is 2.29. The Bertz CT molecular complexity index is 794. The van der Waals surface area contributed by atoms with E-state index in [4.69, 9.17) is 9.47 Å². The van der Waals surface area contributed by atoms with E-state index in [1.807, 2.05) is 13.8 Å². The van der Waals surface area contributed by atoms with Gasteiger partial charge in [0.1, 0.15) is 6.04 Å². The van der Waals surface area contributed by atoms with E-state index in [2.05, 4.69) is 15.2 Å². The van der Waals surface area contributed by atoms with Crippen LogP contribution < -0.4 is 10.6 Å². The molecule has 0 bridgehead atoms. The fourth-order valence-corrected chi connectivity index (χ4v) is 3.58. The lowest BCUT2D eigenvalue weighted by atomic mass is 10.1. The Morgan fingerprint density at radius 1 is 1.32 bits per heavy atom. The van der Waals surface area contributed by atoms with Gasteiger partial charge < -0.3 is 19.4 Å². The number of ketones is 1. The molecule has 2 N–H and O–H groups in total. The van der Waals surface area contributed by atoms with Gasteiger partial charge in [-0.05, 0) is 39.2 Å². The van der Waals surface area contributed by atoms with Gasteiger partial charge in [-0.15, -0.1) is 0 Å². The summed E-state index contributed by atoms with van der Waals surface area (Å²) in [7, 11) is 0. The van der Waals surface area contributed by atoms with Gasteiger partial charge in [0.05, 0.1) is 6.10 Å². The Kier molecular flexibility index (Phi) is 6.13. The summed E-state index contributed by atoms with van der Waals surface area (Å²) < 4.78 is 12.8.